The molecule has 1 amide bonds. The zero-order valence-corrected chi connectivity index (χ0v) is 19.5. The minimum atomic E-state index is -3.75. The van der Waals surface area contributed by atoms with Crippen molar-refractivity contribution in [2.75, 3.05) is 31.9 Å². The van der Waals surface area contributed by atoms with Crippen LogP contribution >= 0.6 is 0 Å². The second-order valence-electron chi connectivity index (χ2n) is 7.02. The molecule has 0 unspecified atom stereocenters. The van der Waals surface area contributed by atoms with Gasteiger partial charge >= 0.3 is 0 Å². The molecule has 0 bridgehead atoms. The van der Waals surface area contributed by atoms with Crippen LogP contribution in [0.3, 0.4) is 0 Å². The van der Waals surface area contributed by atoms with Crippen molar-refractivity contribution < 1.29 is 27.4 Å². The van der Waals surface area contributed by atoms with E-state index < -0.39 is 28.0 Å². The number of methoxy groups -OCH3 is 3. The second kappa shape index (κ2) is 10.4. The fourth-order valence-corrected chi connectivity index (χ4v) is 4.58. The number of carbonyl (C=O) groups excluding carboxylic acids is 1. The van der Waals surface area contributed by atoms with Crippen LogP contribution in [0, 0.1) is 0 Å². The van der Waals surface area contributed by atoms with E-state index in [0.717, 1.165) is 16.1 Å². The number of ether oxygens (including phenoxy) is 3. The summed E-state index contributed by atoms with van der Waals surface area (Å²) in [5.41, 5.74) is 1.08. The maximum absolute atomic E-state index is 13.2. The number of benzene rings is 2. The van der Waals surface area contributed by atoms with E-state index in [0.29, 0.717) is 22.9 Å². The van der Waals surface area contributed by atoms with Crippen LogP contribution in [-0.2, 0) is 14.8 Å². The molecule has 2 rings (SSSR count). The molecule has 0 fully saturated rings. The van der Waals surface area contributed by atoms with Gasteiger partial charge in [-0.15, -0.1) is 0 Å². The first-order valence-electron chi connectivity index (χ1n) is 9.82. The predicted molar refractivity (Wildman–Crippen MR) is 120 cm³/mol. The number of anilines is 1. The van der Waals surface area contributed by atoms with Gasteiger partial charge in [-0.05, 0) is 43.7 Å². The summed E-state index contributed by atoms with van der Waals surface area (Å²) in [5, 5.41) is 2.91. The zero-order chi connectivity index (χ0) is 23.2. The van der Waals surface area contributed by atoms with Crippen LogP contribution in [0.5, 0.6) is 17.2 Å². The molecule has 2 aromatic carbocycles. The van der Waals surface area contributed by atoms with E-state index in [1.807, 2.05) is 0 Å². The van der Waals surface area contributed by atoms with Crippen LogP contribution in [0.2, 0.25) is 0 Å². The van der Waals surface area contributed by atoms with Gasteiger partial charge in [0.15, 0.2) is 0 Å². The molecule has 0 spiro atoms. The third kappa shape index (κ3) is 5.81. The van der Waals surface area contributed by atoms with E-state index in [-0.39, 0.29) is 6.42 Å². The Morgan fingerprint density at radius 1 is 1.03 bits per heavy atom. The highest BCUT2D eigenvalue weighted by molar-refractivity contribution is 7.92. The minimum Gasteiger partial charge on any atom is -0.497 e. The molecule has 1 N–H and O–H groups in total. The van der Waals surface area contributed by atoms with Gasteiger partial charge in [-0.1, -0.05) is 13.0 Å². The summed E-state index contributed by atoms with van der Waals surface area (Å²) in [4.78, 5) is 13.2. The molecule has 0 saturated heterocycles. The van der Waals surface area contributed by atoms with Crippen molar-refractivity contribution in [3.05, 3.63) is 48.0 Å². The molecular weight excluding hydrogens is 420 g/mol. The van der Waals surface area contributed by atoms with Gasteiger partial charge in [-0.3, -0.25) is 9.10 Å². The van der Waals surface area contributed by atoms with Gasteiger partial charge in [0.25, 0.3) is 0 Å². The molecule has 31 heavy (non-hydrogen) atoms. The molecule has 0 radical (unpaired) electrons. The molecule has 8 nitrogen and oxygen atoms in total. The first-order chi connectivity index (χ1) is 14.7. The highest BCUT2D eigenvalue weighted by atomic mass is 32.2. The quantitative estimate of drug-likeness (QED) is 0.598. The fraction of sp³-hybridized carbons (Fsp3) is 0.409. The summed E-state index contributed by atoms with van der Waals surface area (Å²) in [6.45, 7) is 3.57. The lowest BCUT2D eigenvalue weighted by molar-refractivity contribution is -0.122. The molecule has 170 valence electrons. The topological polar surface area (TPSA) is 94.2 Å². The van der Waals surface area contributed by atoms with Crippen LogP contribution < -0.4 is 23.8 Å². The SMILES string of the molecule is CC[C@@H](C(=O)N[C@@H](C)c1cc(OC)ccc1OC)N(c1cccc(OC)c1)S(C)(=O)=O. The number of sulfonamides is 1. The maximum atomic E-state index is 13.2. The summed E-state index contributed by atoms with van der Waals surface area (Å²) in [5.74, 6) is 1.29. The maximum Gasteiger partial charge on any atom is 0.244 e. The molecular formula is C22H30N2O6S. The van der Waals surface area contributed by atoms with E-state index in [1.165, 1.54) is 7.11 Å². The normalized spacial score (nSPS) is 13.1. The number of rotatable bonds is 10. The summed E-state index contributed by atoms with van der Waals surface area (Å²) in [6.07, 6.45) is 1.36. The monoisotopic (exact) mass is 450 g/mol. The summed E-state index contributed by atoms with van der Waals surface area (Å²) < 4.78 is 42.3. The van der Waals surface area contributed by atoms with Crippen LogP contribution in [0.4, 0.5) is 5.69 Å². The highest BCUT2D eigenvalue weighted by Gasteiger charge is 2.32. The highest BCUT2D eigenvalue weighted by Crippen LogP contribution is 2.30. The van der Waals surface area contributed by atoms with Gasteiger partial charge in [-0.25, -0.2) is 8.42 Å². The lowest BCUT2D eigenvalue weighted by Gasteiger charge is -2.31. The van der Waals surface area contributed by atoms with Crippen molar-refractivity contribution in [1.82, 2.24) is 5.32 Å². The van der Waals surface area contributed by atoms with E-state index in [9.17, 15) is 13.2 Å². The molecule has 0 aliphatic rings. The first-order valence-corrected chi connectivity index (χ1v) is 11.7. The van der Waals surface area contributed by atoms with Crippen LogP contribution in [0.15, 0.2) is 42.5 Å². The lowest BCUT2D eigenvalue weighted by Crippen LogP contribution is -2.49. The Morgan fingerprint density at radius 2 is 1.68 bits per heavy atom. The van der Waals surface area contributed by atoms with Crippen molar-refractivity contribution in [1.29, 1.82) is 0 Å². The Hall–Kier alpha value is -2.94. The molecule has 2 atom stereocenters. The fourth-order valence-electron chi connectivity index (χ4n) is 3.37. The Bertz CT molecular complexity index is 1010. The molecule has 0 aliphatic heterocycles. The number of nitrogens with zero attached hydrogens (tertiary/aromatic N) is 1. The Balaban J connectivity index is 2.38. The van der Waals surface area contributed by atoms with E-state index in [4.69, 9.17) is 14.2 Å². The van der Waals surface area contributed by atoms with E-state index in [2.05, 4.69) is 5.32 Å². The van der Waals surface area contributed by atoms with Crippen molar-refractivity contribution in [3.8, 4) is 17.2 Å². The summed E-state index contributed by atoms with van der Waals surface area (Å²) in [7, 11) is 0.846. The summed E-state index contributed by atoms with van der Waals surface area (Å²) in [6, 6.07) is 10.5. The standard InChI is InChI=1S/C22H30N2O6S/c1-7-20(24(31(6,26)27)16-9-8-10-17(13-16)28-3)22(25)23-15(2)19-14-18(29-4)11-12-21(19)30-5/h8-15,20H,7H2,1-6H3,(H,23,25)/t15-,20-/m0/s1. The summed E-state index contributed by atoms with van der Waals surface area (Å²) >= 11 is 0. The molecule has 0 aliphatic carbocycles. The molecule has 9 heteroatoms. The Morgan fingerprint density at radius 3 is 2.23 bits per heavy atom. The average molecular weight is 451 g/mol. The van der Waals surface area contributed by atoms with Gasteiger partial charge in [0.2, 0.25) is 15.9 Å². The van der Waals surface area contributed by atoms with Gasteiger partial charge < -0.3 is 19.5 Å². The van der Waals surface area contributed by atoms with E-state index >= 15 is 0 Å². The van der Waals surface area contributed by atoms with Gasteiger partial charge in [-0.2, -0.15) is 0 Å². The Kier molecular flexibility index (Phi) is 8.15. The number of nitrogens with one attached hydrogen (secondary N) is 1. The van der Waals surface area contributed by atoms with Crippen LogP contribution in [0.1, 0.15) is 31.9 Å². The van der Waals surface area contributed by atoms with Crippen molar-refractivity contribution in [2.45, 2.75) is 32.4 Å². The first kappa shape index (κ1) is 24.3. The zero-order valence-electron chi connectivity index (χ0n) is 18.7. The molecule has 2 aromatic rings. The largest absolute Gasteiger partial charge is 0.497 e. The molecule has 0 heterocycles. The van der Waals surface area contributed by atoms with Gasteiger partial charge in [0.05, 0.1) is 39.3 Å². The third-order valence-electron chi connectivity index (χ3n) is 4.90. The second-order valence-corrected chi connectivity index (χ2v) is 8.88. The van der Waals surface area contributed by atoms with Gasteiger partial charge in [0, 0.05) is 11.6 Å². The Labute approximate surface area is 184 Å². The minimum absolute atomic E-state index is 0.276. The van der Waals surface area contributed by atoms with Gasteiger partial charge in [0.1, 0.15) is 23.3 Å². The average Bonchev–Trinajstić information content (AvgIpc) is 2.75. The third-order valence-corrected chi connectivity index (χ3v) is 6.08. The number of carbonyl (C=O) groups is 1. The number of amides is 1. The number of hydrogen-bond acceptors (Lipinski definition) is 6. The predicted octanol–water partition coefficient (Wildman–Crippen LogP) is 3.13. The van der Waals surface area contributed by atoms with Crippen molar-refractivity contribution in [3.63, 3.8) is 0 Å². The van der Waals surface area contributed by atoms with Crippen LogP contribution in [-0.4, -0.2) is 48.0 Å². The lowest BCUT2D eigenvalue weighted by atomic mass is 10.1. The number of hydrogen-bond donors (Lipinski definition) is 1. The van der Waals surface area contributed by atoms with Crippen molar-refractivity contribution >= 4 is 21.6 Å². The molecule has 0 aromatic heterocycles. The van der Waals surface area contributed by atoms with E-state index in [1.54, 1.807) is 70.5 Å². The smallest absolute Gasteiger partial charge is 0.244 e. The van der Waals surface area contributed by atoms with Crippen molar-refractivity contribution in [2.24, 2.45) is 0 Å². The van der Waals surface area contributed by atoms with Crippen LogP contribution in [0.25, 0.3) is 0 Å². The molecule has 0 saturated carbocycles.